The molecule has 1 atom stereocenters. The molecule has 1 heterocycles. The van der Waals surface area contributed by atoms with Crippen LogP contribution in [0.5, 0.6) is 0 Å². The number of aliphatic hydroxyl groups excluding tert-OH is 1. The molecule has 2 aliphatic rings. The second kappa shape index (κ2) is 5.83. The van der Waals surface area contributed by atoms with Crippen molar-refractivity contribution in [1.29, 1.82) is 0 Å². The fourth-order valence-corrected chi connectivity index (χ4v) is 2.99. The number of aliphatic hydroxyl groups is 1. The maximum Gasteiger partial charge on any atom is 0.224 e. The lowest BCUT2D eigenvalue weighted by Gasteiger charge is -2.38. The fraction of sp³-hybridized carbons (Fsp3) is 0.923. The van der Waals surface area contributed by atoms with E-state index < -0.39 is 0 Å². The Morgan fingerprint density at radius 2 is 2.06 bits per heavy atom. The van der Waals surface area contributed by atoms with E-state index in [4.69, 9.17) is 0 Å². The molecule has 4 nitrogen and oxygen atoms in total. The maximum absolute atomic E-state index is 12.2. The molecule has 0 aromatic carbocycles. The van der Waals surface area contributed by atoms with Crippen molar-refractivity contribution in [2.75, 3.05) is 19.7 Å². The van der Waals surface area contributed by atoms with E-state index in [-0.39, 0.29) is 24.0 Å². The summed E-state index contributed by atoms with van der Waals surface area (Å²) in [5.74, 6) is 0.224. The number of piperidine rings is 1. The number of hydrogen-bond donors (Lipinski definition) is 3. The van der Waals surface area contributed by atoms with E-state index in [0.717, 1.165) is 51.6 Å². The van der Waals surface area contributed by atoms with Crippen LogP contribution in [0.1, 0.15) is 44.9 Å². The lowest BCUT2D eigenvalue weighted by atomic mass is 9.81. The third-order valence-electron chi connectivity index (χ3n) is 4.17. The van der Waals surface area contributed by atoms with Crippen LogP contribution in [-0.4, -0.2) is 36.2 Å². The summed E-state index contributed by atoms with van der Waals surface area (Å²) in [6, 6.07) is 0. The minimum Gasteiger partial charge on any atom is -0.394 e. The lowest BCUT2D eigenvalue weighted by molar-refractivity contribution is -0.128. The van der Waals surface area contributed by atoms with Crippen LogP contribution in [0.2, 0.25) is 0 Å². The predicted molar refractivity (Wildman–Crippen MR) is 66.6 cm³/mol. The minimum absolute atomic E-state index is 0.0822. The van der Waals surface area contributed by atoms with Crippen molar-refractivity contribution in [1.82, 2.24) is 10.6 Å². The first-order chi connectivity index (χ1) is 8.26. The van der Waals surface area contributed by atoms with Gasteiger partial charge in [-0.15, -0.1) is 0 Å². The zero-order chi connectivity index (χ0) is 12.1. The Morgan fingerprint density at radius 1 is 1.29 bits per heavy atom. The van der Waals surface area contributed by atoms with Crippen LogP contribution in [-0.2, 0) is 4.79 Å². The highest BCUT2D eigenvalue weighted by Gasteiger charge is 2.34. The van der Waals surface area contributed by atoms with Crippen LogP contribution < -0.4 is 10.6 Å². The molecule has 1 saturated carbocycles. The molecular weight excluding hydrogens is 216 g/mol. The van der Waals surface area contributed by atoms with Crippen molar-refractivity contribution in [3.05, 3.63) is 0 Å². The van der Waals surface area contributed by atoms with Gasteiger partial charge in [0.2, 0.25) is 5.91 Å². The molecule has 2 fully saturated rings. The van der Waals surface area contributed by atoms with Crippen LogP contribution in [0.15, 0.2) is 0 Å². The van der Waals surface area contributed by atoms with E-state index in [0.29, 0.717) is 0 Å². The van der Waals surface area contributed by atoms with Crippen LogP contribution in [0.4, 0.5) is 0 Å². The van der Waals surface area contributed by atoms with E-state index in [1.807, 2.05) is 0 Å². The van der Waals surface area contributed by atoms with Gasteiger partial charge in [0.1, 0.15) is 0 Å². The highest BCUT2D eigenvalue weighted by molar-refractivity contribution is 5.79. The van der Waals surface area contributed by atoms with Crippen molar-refractivity contribution in [3.63, 3.8) is 0 Å². The van der Waals surface area contributed by atoms with Crippen LogP contribution in [0.25, 0.3) is 0 Å². The van der Waals surface area contributed by atoms with E-state index in [1.54, 1.807) is 0 Å². The van der Waals surface area contributed by atoms with Gasteiger partial charge in [0, 0.05) is 6.54 Å². The summed E-state index contributed by atoms with van der Waals surface area (Å²) in [4.78, 5) is 12.2. The summed E-state index contributed by atoms with van der Waals surface area (Å²) in [7, 11) is 0. The summed E-state index contributed by atoms with van der Waals surface area (Å²) in [6.45, 7) is 1.89. The molecular formula is C13H24N2O2. The first kappa shape index (κ1) is 12.8. The zero-order valence-electron chi connectivity index (χ0n) is 10.5. The van der Waals surface area contributed by atoms with Crippen molar-refractivity contribution >= 4 is 5.91 Å². The Hall–Kier alpha value is -0.610. The highest BCUT2D eigenvalue weighted by atomic mass is 16.3. The SMILES string of the molecule is O=C(NC1(CO)CCCCC1)C1CCCNC1. The quantitative estimate of drug-likeness (QED) is 0.684. The highest BCUT2D eigenvalue weighted by Crippen LogP contribution is 2.28. The average molecular weight is 240 g/mol. The normalized spacial score (nSPS) is 28.6. The van der Waals surface area contributed by atoms with Gasteiger partial charge in [0.25, 0.3) is 0 Å². The van der Waals surface area contributed by atoms with Gasteiger partial charge in [0.15, 0.2) is 0 Å². The first-order valence-electron chi connectivity index (χ1n) is 6.89. The summed E-state index contributed by atoms with van der Waals surface area (Å²) >= 11 is 0. The molecule has 3 N–H and O–H groups in total. The Labute approximate surface area is 103 Å². The number of rotatable bonds is 3. The van der Waals surface area contributed by atoms with E-state index in [1.165, 1.54) is 6.42 Å². The molecule has 1 unspecified atom stereocenters. The van der Waals surface area contributed by atoms with E-state index >= 15 is 0 Å². The number of carbonyl (C=O) groups excluding carboxylic acids is 1. The Morgan fingerprint density at radius 3 is 2.65 bits per heavy atom. The van der Waals surface area contributed by atoms with Gasteiger partial charge in [-0.25, -0.2) is 0 Å². The van der Waals surface area contributed by atoms with Crippen LogP contribution in [0, 0.1) is 5.92 Å². The Balaban J connectivity index is 1.90. The van der Waals surface area contributed by atoms with Crippen molar-refractivity contribution in [3.8, 4) is 0 Å². The molecule has 0 radical (unpaired) electrons. The molecule has 17 heavy (non-hydrogen) atoms. The van der Waals surface area contributed by atoms with Gasteiger partial charge in [-0.2, -0.15) is 0 Å². The number of nitrogens with one attached hydrogen (secondary N) is 2. The second-order valence-corrected chi connectivity index (χ2v) is 5.53. The lowest BCUT2D eigenvalue weighted by Crippen LogP contribution is -2.55. The summed E-state index contributed by atoms with van der Waals surface area (Å²) in [5.41, 5.74) is -0.327. The van der Waals surface area contributed by atoms with Gasteiger partial charge in [0.05, 0.1) is 18.1 Å². The average Bonchev–Trinajstić information content (AvgIpc) is 2.41. The zero-order valence-corrected chi connectivity index (χ0v) is 10.5. The van der Waals surface area contributed by atoms with Gasteiger partial charge in [-0.1, -0.05) is 19.3 Å². The van der Waals surface area contributed by atoms with Gasteiger partial charge >= 0.3 is 0 Å². The maximum atomic E-state index is 12.2. The number of hydrogen-bond acceptors (Lipinski definition) is 3. The van der Waals surface area contributed by atoms with Crippen molar-refractivity contribution in [2.24, 2.45) is 5.92 Å². The molecule has 98 valence electrons. The van der Waals surface area contributed by atoms with Crippen LogP contribution >= 0.6 is 0 Å². The molecule has 2 rings (SSSR count). The molecule has 4 heteroatoms. The largest absolute Gasteiger partial charge is 0.394 e. The van der Waals surface area contributed by atoms with Crippen LogP contribution in [0.3, 0.4) is 0 Å². The van der Waals surface area contributed by atoms with Gasteiger partial charge in [-0.3, -0.25) is 4.79 Å². The van der Waals surface area contributed by atoms with Gasteiger partial charge < -0.3 is 15.7 Å². The fourth-order valence-electron chi connectivity index (χ4n) is 2.99. The second-order valence-electron chi connectivity index (χ2n) is 5.53. The molecule has 1 amide bonds. The standard InChI is InChI=1S/C13H24N2O2/c16-10-13(6-2-1-3-7-13)15-12(17)11-5-4-8-14-9-11/h11,14,16H,1-10H2,(H,15,17). The third-order valence-corrected chi connectivity index (χ3v) is 4.17. The summed E-state index contributed by atoms with van der Waals surface area (Å²) in [6.07, 6.45) is 7.35. The molecule has 0 aromatic heterocycles. The molecule has 0 aromatic rings. The van der Waals surface area contributed by atoms with Gasteiger partial charge in [-0.05, 0) is 32.2 Å². The summed E-state index contributed by atoms with van der Waals surface area (Å²) in [5, 5.41) is 15.9. The third kappa shape index (κ3) is 3.19. The molecule has 1 aliphatic heterocycles. The van der Waals surface area contributed by atoms with Crippen molar-refractivity contribution in [2.45, 2.75) is 50.5 Å². The topological polar surface area (TPSA) is 61.4 Å². The monoisotopic (exact) mass is 240 g/mol. The smallest absolute Gasteiger partial charge is 0.224 e. The number of carbonyl (C=O) groups is 1. The Kier molecular flexibility index (Phi) is 4.40. The molecule has 1 aliphatic carbocycles. The van der Waals surface area contributed by atoms with E-state index in [2.05, 4.69) is 10.6 Å². The number of amides is 1. The van der Waals surface area contributed by atoms with E-state index in [9.17, 15) is 9.90 Å². The first-order valence-corrected chi connectivity index (χ1v) is 6.89. The predicted octanol–water partition coefficient (Wildman–Crippen LogP) is 0.797. The molecule has 1 saturated heterocycles. The minimum atomic E-state index is -0.327. The Bertz CT molecular complexity index is 256. The molecule has 0 spiro atoms. The molecule has 0 bridgehead atoms. The summed E-state index contributed by atoms with van der Waals surface area (Å²) < 4.78 is 0. The van der Waals surface area contributed by atoms with Crippen molar-refractivity contribution < 1.29 is 9.90 Å².